The van der Waals surface area contributed by atoms with Crippen molar-refractivity contribution in [2.75, 3.05) is 19.6 Å². The van der Waals surface area contributed by atoms with E-state index < -0.39 is 14.9 Å². The highest BCUT2D eigenvalue weighted by atomic mass is 32.2. The third kappa shape index (κ3) is 3.99. The van der Waals surface area contributed by atoms with E-state index >= 15 is 0 Å². The molecule has 1 aromatic rings. The fourth-order valence-corrected chi connectivity index (χ4v) is 3.74. The number of hydrogen-bond acceptors (Lipinski definition) is 5. The Kier molecular flexibility index (Phi) is 4.92. The summed E-state index contributed by atoms with van der Waals surface area (Å²) in [6, 6.07) is 4.83. The van der Waals surface area contributed by atoms with Crippen molar-refractivity contribution in [1.82, 2.24) is 9.62 Å². The maximum absolute atomic E-state index is 12.2. The molecule has 1 fully saturated rings. The largest absolute Gasteiger partial charge is 0.302 e. The molecule has 1 atom stereocenters. The summed E-state index contributed by atoms with van der Waals surface area (Å²) in [6.07, 6.45) is 1.83. The number of benzene rings is 1. The number of nitrogens with one attached hydrogen (secondary N) is 1. The van der Waals surface area contributed by atoms with Crippen molar-refractivity contribution < 1.29 is 13.3 Å². The van der Waals surface area contributed by atoms with Crippen LogP contribution >= 0.6 is 0 Å². The minimum absolute atomic E-state index is 0.0574. The van der Waals surface area contributed by atoms with Crippen molar-refractivity contribution in [3.63, 3.8) is 0 Å². The van der Waals surface area contributed by atoms with Gasteiger partial charge in [0.15, 0.2) is 0 Å². The molecule has 1 aliphatic heterocycles. The number of sulfonamides is 1. The van der Waals surface area contributed by atoms with Gasteiger partial charge < -0.3 is 4.90 Å². The molecule has 0 saturated carbocycles. The van der Waals surface area contributed by atoms with Crippen LogP contribution in [0.15, 0.2) is 29.2 Å². The van der Waals surface area contributed by atoms with Crippen molar-refractivity contribution in [2.24, 2.45) is 0 Å². The van der Waals surface area contributed by atoms with Crippen LogP contribution < -0.4 is 4.72 Å². The van der Waals surface area contributed by atoms with Crippen LogP contribution in [0.2, 0.25) is 0 Å². The van der Waals surface area contributed by atoms with E-state index in [1.54, 1.807) is 0 Å². The predicted octanol–water partition coefficient (Wildman–Crippen LogP) is 1.36. The number of nitro benzene ring substituents is 1. The Balaban J connectivity index is 2.03. The highest BCUT2D eigenvalue weighted by Crippen LogP contribution is 2.18. The molecule has 0 spiro atoms. The van der Waals surface area contributed by atoms with Gasteiger partial charge in [-0.1, -0.05) is 6.92 Å². The zero-order valence-corrected chi connectivity index (χ0v) is 12.7. The summed E-state index contributed by atoms with van der Waals surface area (Å²) in [5.74, 6) is 0. The summed E-state index contributed by atoms with van der Waals surface area (Å²) in [6.45, 7) is 4.66. The maximum Gasteiger partial charge on any atom is 0.269 e. The standard InChI is InChI=1S/C13H19N3O4S/c1-2-8-15-9-7-11(10-15)14-21(19,20)13-5-3-12(4-6-13)16(17)18/h3-6,11,14H,2,7-10H2,1H3. The van der Waals surface area contributed by atoms with Crippen molar-refractivity contribution in [1.29, 1.82) is 0 Å². The van der Waals surface area contributed by atoms with Crippen molar-refractivity contribution in [2.45, 2.75) is 30.7 Å². The van der Waals surface area contributed by atoms with Gasteiger partial charge in [-0.15, -0.1) is 0 Å². The Labute approximate surface area is 124 Å². The molecule has 1 N–H and O–H groups in total. The minimum atomic E-state index is -3.62. The van der Waals surface area contributed by atoms with Crippen molar-refractivity contribution in [3.05, 3.63) is 34.4 Å². The summed E-state index contributed by atoms with van der Waals surface area (Å²) in [5.41, 5.74) is -0.121. The van der Waals surface area contributed by atoms with Crippen LogP contribution in [-0.4, -0.2) is 43.9 Å². The molecule has 0 aromatic heterocycles. The third-order valence-electron chi connectivity index (χ3n) is 3.49. The van der Waals surface area contributed by atoms with E-state index in [1.165, 1.54) is 24.3 Å². The molecular formula is C13H19N3O4S. The molecule has 0 amide bonds. The summed E-state index contributed by atoms with van der Waals surface area (Å²) >= 11 is 0. The lowest BCUT2D eigenvalue weighted by Gasteiger charge is -2.15. The first-order valence-corrected chi connectivity index (χ1v) is 8.40. The summed E-state index contributed by atoms with van der Waals surface area (Å²) in [7, 11) is -3.62. The Morgan fingerprint density at radius 3 is 2.62 bits per heavy atom. The third-order valence-corrected chi connectivity index (χ3v) is 5.03. The molecule has 1 aromatic carbocycles. The highest BCUT2D eigenvalue weighted by molar-refractivity contribution is 7.89. The Bertz CT molecular complexity index is 600. The molecule has 0 radical (unpaired) electrons. The molecule has 0 aliphatic carbocycles. The number of rotatable bonds is 6. The monoisotopic (exact) mass is 313 g/mol. The van der Waals surface area contributed by atoms with Gasteiger partial charge in [0.25, 0.3) is 5.69 Å². The second-order valence-electron chi connectivity index (χ2n) is 5.16. The van der Waals surface area contributed by atoms with Crippen LogP contribution in [0.3, 0.4) is 0 Å². The van der Waals surface area contributed by atoms with Gasteiger partial charge in [0.1, 0.15) is 0 Å². The molecule has 1 aliphatic rings. The summed E-state index contributed by atoms with van der Waals surface area (Å²) in [5, 5.41) is 10.6. The maximum atomic E-state index is 12.2. The Morgan fingerprint density at radius 1 is 1.38 bits per heavy atom. The highest BCUT2D eigenvalue weighted by Gasteiger charge is 2.26. The van der Waals surface area contributed by atoms with Gasteiger partial charge in [-0.05, 0) is 38.1 Å². The molecule has 1 unspecified atom stereocenters. The number of hydrogen-bond donors (Lipinski definition) is 1. The second-order valence-corrected chi connectivity index (χ2v) is 6.87. The first-order chi connectivity index (χ1) is 9.92. The molecule has 116 valence electrons. The van der Waals surface area contributed by atoms with E-state index in [-0.39, 0.29) is 16.6 Å². The smallest absolute Gasteiger partial charge is 0.269 e. The first kappa shape index (κ1) is 15.9. The van der Waals surface area contributed by atoms with Gasteiger partial charge in [-0.2, -0.15) is 0 Å². The van der Waals surface area contributed by atoms with Gasteiger partial charge >= 0.3 is 0 Å². The van der Waals surface area contributed by atoms with Crippen LogP contribution in [0, 0.1) is 10.1 Å². The van der Waals surface area contributed by atoms with Crippen molar-refractivity contribution >= 4 is 15.7 Å². The fraction of sp³-hybridized carbons (Fsp3) is 0.538. The lowest BCUT2D eigenvalue weighted by molar-refractivity contribution is -0.384. The van der Waals surface area contributed by atoms with Crippen LogP contribution in [0.5, 0.6) is 0 Å². The van der Waals surface area contributed by atoms with E-state index in [9.17, 15) is 18.5 Å². The number of non-ortho nitro benzene ring substituents is 1. The summed E-state index contributed by atoms with van der Waals surface area (Å²) < 4.78 is 27.1. The Hall–Kier alpha value is -1.51. The van der Waals surface area contributed by atoms with Crippen LogP contribution in [-0.2, 0) is 10.0 Å². The van der Waals surface area contributed by atoms with Gasteiger partial charge in [0.05, 0.1) is 9.82 Å². The van der Waals surface area contributed by atoms with Gasteiger partial charge in [-0.3, -0.25) is 10.1 Å². The van der Waals surface area contributed by atoms with Gasteiger partial charge in [-0.25, -0.2) is 13.1 Å². The van der Waals surface area contributed by atoms with Crippen LogP contribution in [0.25, 0.3) is 0 Å². The number of likely N-dealkylation sites (tertiary alicyclic amines) is 1. The zero-order valence-electron chi connectivity index (χ0n) is 11.9. The average Bonchev–Trinajstić information content (AvgIpc) is 2.86. The van der Waals surface area contributed by atoms with E-state index in [2.05, 4.69) is 16.5 Å². The SMILES string of the molecule is CCCN1CCC(NS(=O)(=O)c2ccc([N+](=O)[O-])cc2)C1. The molecule has 0 bridgehead atoms. The fourth-order valence-electron chi connectivity index (χ4n) is 2.48. The molecule has 1 saturated heterocycles. The quantitative estimate of drug-likeness (QED) is 0.632. The first-order valence-electron chi connectivity index (χ1n) is 6.91. The second kappa shape index (κ2) is 6.50. The van der Waals surface area contributed by atoms with E-state index in [4.69, 9.17) is 0 Å². The van der Waals surface area contributed by atoms with Crippen LogP contribution in [0.1, 0.15) is 19.8 Å². The number of nitro groups is 1. The Morgan fingerprint density at radius 2 is 2.05 bits per heavy atom. The molecule has 1 heterocycles. The van der Waals surface area contributed by atoms with Gasteiger partial charge in [0, 0.05) is 24.7 Å². The molecule has 2 rings (SSSR count). The topological polar surface area (TPSA) is 92.6 Å². The van der Waals surface area contributed by atoms with E-state index in [0.717, 1.165) is 25.9 Å². The normalized spacial score (nSPS) is 19.8. The van der Waals surface area contributed by atoms with Crippen molar-refractivity contribution in [3.8, 4) is 0 Å². The summed E-state index contributed by atoms with van der Waals surface area (Å²) in [4.78, 5) is 12.3. The molecule has 21 heavy (non-hydrogen) atoms. The van der Waals surface area contributed by atoms with E-state index in [0.29, 0.717) is 6.54 Å². The zero-order chi connectivity index (χ0) is 15.5. The molecule has 8 heteroatoms. The minimum Gasteiger partial charge on any atom is -0.302 e. The number of nitrogens with zero attached hydrogens (tertiary/aromatic N) is 2. The molecular weight excluding hydrogens is 294 g/mol. The van der Waals surface area contributed by atoms with E-state index in [1.807, 2.05) is 0 Å². The lowest BCUT2D eigenvalue weighted by atomic mass is 10.3. The predicted molar refractivity (Wildman–Crippen MR) is 78.6 cm³/mol. The molecule has 7 nitrogen and oxygen atoms in total. The van der Waals surface area contributed by atoms with Crippen LogP contribution in [0.4, 0.5) is 5.69 Å². The van der Waals surface area contributed by atoms with Gasteiger partial charge in [0.2, 0.25) is 10.0 Å². The average molecular weight is 313 g/mol. The lowest BCUT2D eigenvalue weighted by Crippen LogP contribution is -2.37.